The van der Waals surface area contributed by atoms with Crippen molar-refractivity contribution in [2.75, 3.05) is 13.2 Å². The zero-order chi connectivity index (χ0) is 14.3. The van der Waals surface area contributed by atoms with E-state index < -0.39 is 20.4 Å². The highest BCUT2D eigenvalue weighted by molar-refractivity contribution is 7.48. The Morgan fingerprint density at radius 2 is 1.74 bits per heavy atom. The van der Waals surface area contributed by atoms with Crippen molar-refractivity contribution in [3.8, 4) is 0 Å². The van der Waals surface area contributed by atoms with Gasteiger partial charge in [0.2, 0.25) is 0 Å². The van der Waals surface area contributed by atoms with Crippen molar-refractivity contribution < 1.29 is 26.9 Å². The molecule has 1 rings (SSSR count). The fourth-order valence-corrected chi connectivity index (χ4v) is 2.68. The van der Waals surface area contributed by atoms with Crippen LogP contribution in [0.5, 0.6) is 0 Å². The molecule has 1 aromatic rings. The number of aromatic nitrogens is 1. The summed E-state index contributed by atoms with van der Waals surface area (Å²) in [5.74, 6) is 0. The number of halogens is 2. The van der Waals surface area contributed by atoms with Crippen LogP contribution in [-0.2, 0) is 18.1 Å². The van der Waals surface area contributed by atoms with Crippen molar-refractivity contribution in [2.24, 2.45) is 0 Å². The van der Waals surface area contributed by atoms with E-state index in [0.29, 0.717) is 0 Å². The second kappa shape index (κ2) is 7.65. The third kappa shape index (κ3) is 4.95. The summed E-state index contributed by atoms with van der Waals surface area (Å²) in [7, 11) is -4.00. The molecule has 108 valence electrons. The molecule has 0 aliphatic rings. The lowest BCUT2D eigenvalue weighted by Crippen LogP contribution is -2.14. The maximum absolute atomic E-state index is 13.0. The first-order valence-corrected chi connectivity index (χ1v) is 7.24. The molecule has 5 nitrogen and oxygen atoms in total. The molecule has 1 aromatic heterocycles. The number of alkyl halides is 2. The molecule has 1 heterocycles. The molecule has 0 radical (unpaired) electrons. The summed E-state index contributed by atoms with van der Waals surface area (Å²) in [5.41, 5.74) is 0.157. The van der Waals surface area contributed by atoms with Crippen molar-refractivity contribution in [3.63, 3.8) is 0 Å². The Labute approximate surface area is 110 Å². The van der Waals surface area contributed by atoms with Crippen LogP contribution in [-0.4, -0.2) is 24.6 Å². The molecule has 0 amide bonds. The van der Waals surface area contributed by atoms with Crippen LogP contribution < -0.4 is 0 Å². The van der Waals surface area contributed by atoms with Crippen LogP contribution in [0.4, 0.5) is 8.78 Å². The zero-order valence-corrected chi connectivity index (χ0v) is 11.6. The summed E-state index contributed by atoms with van der Waals surface area (Å²) < 4.78 is 52.7. The average molecular weight is 295 g/mol. The molecule has 1 atom stereocenters. The molecule has 8 heteroatoms. The van der Waals surface area contributed by atoms with Gasteiger partial charge in [-0.25, -0.2) is 13.3 Å². The van der Waals surface area contributed by atoms with E-state index in [9.17, 15) is 13.3 Å². The van der Waals surface area contributed by atoms with E-state index in [-0.39, 0.29) is 18.8 Å². The van der Waals surface area contributed by atoms with Gasteiger partial charge in [-0.2, -0.15) is 0 Å². The highest BCUT2D eigenvalue weighted by Crippen LogP contribution is 2.53. The Hall–Kier alpha value is -0.880. The van der Waals surface area contributed by atoms with Crippen molar-refractivity contribution in [3.05, 3.63) is 30.1 Å². The molecule has 1 unspecified atom stereocenters. The lowest BCUT2D eigenvalue weighted by atomic mass is 10.1. The van der Waals surface area contributed by atoms with Gasteiger partial charge in [-0.15, -0.1) is 0 Å². The van der Waals surface area contributed by atoms with Gasteiger partial charge in [0.15, 0.2) is 6.10 Å². The lowest BCUT2D eigenvalue weighted by Gasteiger charge is -2.23. The second-order valence-electron chi connectivity index (χ2n) is 3.42. The fourth-order valence-electron chi connectivity index (χ4n) is 1.36. The first-order valence-electron chi connectivity index (χ1n) is 5.78. The van der Waals surface area contributed by atoms with Gasteiger partial charge in [0.25, 0.3) is 6.43 Å². The average Bonchev–Trinajstić information content (AvgIpc) is 2.37. The topological polar surface area (TPSA) is 57.7 Å². The zero-order valence-electron chi connectivity index (χ0n) is 10.7. The van der Waals surface area contributed by atoms with Gasteiger partial charge in [0.1, 0.15) is 0 Å². The predicted molar refractivity (Wildman–Crippen MR) is 64.9 cm³/mol. The maximum Gasteiger partial charge on any atom is 0.475 e. The molecule has 0 saturated carbocycles. The van der Waals surface area contributed by atoms with E-state index in [0.717, 1.165) is 0 Å². The van der Waals surface area contributed by atoms with Crippen molar-refractivity contribution in [2.45, 2.75) is 26.4 Å². The Balaban J connectivity index is 2.92. The summed E-state index contributed by atoms with van der Waals surface area (Å²) in [6.07, 6.45) is -1.86. The van der Waals surface area contributed by atoms with Crippen LogP contribution in [0.15, 0.2) is 24.5 Å². The molecular weight excluding hydrogens is 279 g/mol. The quantitative estimate of drug-likeness (QED) is 0.686. The van der Waals surface area contributed by atoms with Crippen LogP contribution in [0.2, 0.25) is 0 Å². The molecule has 0 saturated heterocycles. The first kappa shape index (κ1) is 16.2. The Morgan fingerprint density at radius 1 is 1.21 bits per heavy atom. The highest BCUT2D eigenvalue weighted by Gasteiger charge is 2.35. The molecule has 0 bridgehead atoms. The Bertz CT molecular complexity index is 408. The Kier molecular flexibility index (Phi) is 6.51. The predicted octanol–water partition coefficient (Wildman–Crippen LogP) is 3.59. The minimum atomic E-state index is -4.00. The summed E-state index contributed by atoms with van der Waals surface area (Å²) in [5, 5.41) is 0. The minimum Gasteiger partial charge on any atom is -0.287 e. The minimum absolute atomic E-state index is 0.0313. The van der Waals surface area contributed by atoms with Crippen LogP contribution in [0.25, 0.3) is 0 Å². The monoisotopic (exact) mass is 295 g/mol. The molecule has 0 aromatic carbocycles. The van der Waals surface area contributed by atoms with Crippen LogP contribution in [0.3, 0.4) is 0 Å². The summed E-state index contributed by atoms with van der Waals surface area (Å²) in [4.78, 5) is 3.72. The van der Waals surface area contributed by atoms with Crippen LogP contribution in [0.1, 0.15) is 25.5 Å². The van der Waals surface area contributed by atoms with E-state index in [1.807, 2.05) is 0 Å². The fraction of sp³-hybridized carbons (Fsp3) is 0.545. The largest absolute Gasteiger partial charge is 0.475 e. The SMILES string of the molecule is CCOP(=O)(OCC)OC(c1ccncc1)C(F)F. The number of phosphoric ester groups is 1. The third-order valence-corrected chi connectivity index (χ3v) is 3.71. The smallest absolute Gasteiger partial charge is 0.287 e. The molecule has 0 aliphatic heterocycles. The van der Waals surface area contributed by atoms with E-state index in [1.54, 1.807) is 13.8 Å². The number of pyridine rings is 1. The van der Waals surface area contributed by atoms with Gasteiger partial charge in [0, 0.05) is 12.4 Å². The number of rotatable bonds is 8. The molecule has 0 N–H and O–H groups in total. The Morgan fingerprint density at radius 3 is 2.16 bits per heavy atom. The number of nitrogens with zero attached hydrogens (tertiary/aromatic N) is 1. The van der Waals surface area contributed by atoms with Gasteiger partial charge in [-0.05, 0) is 31.5 Å². The summed E-state index contributed by atoms with van der Waals surface area (Å²) in [6.45, 7) is 3.20. The van der Waals surface area contributed by atoms with E-state index >= 15 is 0 Å². The highest BCUT2D eigenvalue weighted by atomic mass is 31.2. The van der Waals surface area contributed by atoms with Crippen molar-refractivity contribution in [1.29, 1.82) is 0 Å². The summed E-state index contributed by atoms with van der Waals surface area (Å²) in [6, 6.07) is 2.72. The second-order valence-corrected chi connectivity index (χ2v) is 5.05. The van der Waals surface area contributed by atoms with Crippen molar-refractivity contribution >= 4 is 7.82 Å². The van der Waals surface area contributed by atoms with Gasteiger partial charge < -0.3 is 0 Å². The molecule has 0 fully saturated rings. The van der Waals surface area contributed by atoms with Crippen molar-refractivity contribution in [1.82, 2.24) is 4.98 Å². The van der Waals surface area contributed by atoms with Crippen LogP contribution in [0, 0.1) is 0 Å². The third-order valence-electron chi connectivity index (χ3n) is 2.08. The lowest BCUT2D eigenvalue weighted by molar-refractivity contribution is -0.0173. The van der Waals surface area contributed by atoms with Gasteiger partial charge in [0.05, 0.1) is 13.2 Å². The normalized spacial score (nSPS) is 13.7. The number of phosphoric acid groups is 1. The van der Waals surface area contributed by atoms with E-state index in [2.05, 4.69) is 4.98 Å². The molecule has 0 aliphatic carbocycles. The molecule has 0 spiro atoms. The van der Waals surface area contributed by atoms with E-state index in [4.69, 9.17) is 13.6 Å². The van der Waals surface area contributed by atoms with Gasteiger partial charge >= 0.3 is 7.82 Å². The number of hydrogen-bond acceptors (Lipinski definition) is 5. The number of hydrogen-bond donors (Lipinski definition) is 0. The molecule has 19 heavy (non-hydrogen) atoms. The van der Waals surface area contributed by atoms with Gasteiger partial charge in [-0.3, -0.25) is 18.6 Å². The van der Waals surface area contributed by atoms with E-state index in [1.165, 1.54) is 24.5 Å². The summed E-state index contributed by atoms with van der Waals surface area (Å²) >= 11 is 0. The standard InChI is InChI=1S/C11H16F2NO4P/c1-3-16-19(15,17-4-2)18-10(11(12)13)9-5-7-14-8-6-9/h5-8,10-11H,3-4H2,1-2H3. The maximum atomic E-state index is 13.0. The van der Waals surface area contributed by atoms with Gasteiger partial charge in [-0.1, -0.05) is 0 Å². The first-order chi connectivity index (χ1) is 9.02. The van der Waals surface area contributed by atoms with Crippen LogP contribution >= 0.6 is 7.82 Å². The molecular formula is C11H16F2NO4P.